The minimum Gasteiger partial charge on any atom is -0.476 e. The van der Waals surface area contributed by atoms with Crippen LogP contribution >= 0.6 is 23.2 Å². The zero-order chi connectivity index (χ0) is 14.3. The summed E-state index contributed by atoms with van der Waals surface area (Å²) >= 11 is 11.9. The lowest BCUT2D eigenvalue weighted by Gasteiger charge is -2.02. The Bertz CT molecular complexity index is 827. The van der Waals surface area contributed by atoms with Gasteiger partial charge in [0.15, 0.2) is 5.69 Å². The van der Waals surface area contributed by atoms with Crippen molar-refractivity contribution in [1.82, 2.24) is 9.38 Å². The number of pyridine rings is 1. The van der Waals surface area contributed by atoms with Gasteiger partial charge in [-0.15, -0.1) is 0 Å². The molecule has 20 heavy (non-hydrogen) atoms. The van der Waals surface area contributed by atoms with Gasteiger partial charge < -0.3 is 5.11 Å². The molecule has 1 aromatic carbocycles. The maximum absolute atomic E-state index is 11.5. The third-order valence-corrected chi connectivity index (χ3v) is 3.66. The minimum absolute atomic E-state index is 0.0963. The van der Waals surface area contributed by atoms with Crippen molar-refractivity contribution in [2.45, 2.75) is 0 Å². The number of imidazole rings is 1. The first-order chi connectivity index (χ1) is 9.58. The first-order valence-electron chi connectivity index (χ1n) is 5.74. The van der Waals surface area contributed by atoms with Crippen LogP contribution in [0.25, 0.3) is 16.9 Å². The number of halogens is 2. The Balaban J connectivity index is 2.32. The first kappa shape index (κ1) is 13.0. The minimum atomic E-state index is -1.05. The molecule has 2 aromatic heterocycles. The number of carboxylic acid groups (broad SMARTS) is 1. The Morgan fingerprint density at radius 3 is 2.65 bits per heavy atom. The normalized spacial score (nSPS) is 10.9. The molecule has 0 unspecified atom stereocenters. The lowest BCUT2D eigenvalue weighted by atomic mass is 10.1. The summed E-state index contributed by atoms with van der Waals surface area (Å²) in [5.41, 5.74) is 1.63. The summed E-state index contributed by atoms with van der Waals surface area (Å²) in [7, 11) is 0. The zero-order valence-electron chi connectivity index (χ0n) is 10.0. The molecular weight excluding hydrogens is 299 g/mol. The van der Waals surface area contributed by atoms with Crippen LogP contribution in [0, 0.1) is 0 Å². The largest absolute Gasteiger partial charge is 0.476 e. The molecule has 0 amide bonds. The smallest absolute Gasteiger partial charge is 0.355 e. The van der Waals surface area contributed by atoms with Crippen molar-refractivity contribution < 1.29 is 9.90 Å². The Morgan fingerprint density at radius 2 is 1.95 bits per heavy atom. The molecule has 0 spiro atoms. The van der Waals surface area contributed by atoms with Crippen LogP contribution < -0.4 is 0 Å². The van der Waals surface area contributed by atoms with E-state index in [4.69, 9.17) is 23.2 Å². The van der Waals surface area contributed by atoms with Gasteiger partial charge in [-0.1, -0.05) is 35.3 Å². The van der Waals surface area contributed by atoms with E-state index in [1.54, 1.807) is 42.6 Å². The molecule has 2 heterocycles. The zero-order valence-corrected chi connectivity index (χ0v) is 11.6. The number of carbonyl (C=O) groups is 1. The predicted molar refractivity (Wildman–Crippen MR) is 77.6 cm³/mol. The maximum atomic E-state index is 11.5. The Labute approximate surface area is 124 Å². The molecule has 0 fully saturated rings. The second-order valence-corrected chi connectivity index (χ2v) is 4.99. The standard InChI is InChI=1S/C14H8Cl2N2O2/c15-9-5-4-8(7-10(9)16)12-13(14(19)20)18-6-2-1-3-11(18)17-12/h1-7H,(H,19,20). The average molecular weight is 307 g/mol. The van der Waals surface area contributed by atoms with Crippen molar-refractivity contribution in [3.8, 4) is 11.3 Å². The second-order valence-electron chi connectivity index (χ2n) is 4.17. The molecule has 6 heteroatoms. The SMILES string of the molecule is O=C(O)c1c(-c2ccc(Cl)c(Cl)c2)nc2ccccn12. The van der Waals surface area contributed by atoms with Crippen LogP contribution in [0.4, 0.5) is 0 Å². The van der Waals surface area contributed by atoms with Gasteiger partial charge in [0.2, 0.25) is 0 Å². The molecule has 0 saturated heterocycles. The highest BCUT2D eigenvalue weighted by Crippen LogP contribution is 2.30. The molecule has 0 aliphatic heterocycles. The third kappa shape index (κ3) is 2.03. The third-order valence-electron chi connectivity index (χ3n) is 2.93. The molecular formula is C14H8Cl2N2O2. The molecule has 100 valence electrons. The van der Waals surface area contributed by atoms with E-state index in [-0.39, 0.29) is 5.69 Å². The van der Waals surface area contributed by atoms with Crippen molar-refractivity contribution >= 4 is 34.8 Å². The van der Waals surface area contributed by atoms with Gasteiger partial charge in [0.05, 0.1) is 10.0 Å². The molecule has 0 radical (unpaired) electrons. The lowest BCUT2D eigenvalue weighted by Crippen LogP contribution is -2.03. The summed E-state index contributed by atoms with van der Waals surface area (Å²) in [6.45, 7) is 0. The molecule has 0 bridgehead atoms. The van der Waals surface area contributed by atoms with Crippen molar-refractivity contribution in [2.24, 2.45) is 0 Å². The van der Waals surface area contributed by atoms with Gasteiger partial charge in [-0.3, -0.25) is 4.40 Å². The highest BCUT2D eigenvalue weighted by Gasteiger charge is 2.20. The van der Waals surface area contributed by atoms with Gasteiger partial charge in [0.25, 0.3) is 0 Å². The van der Waals surface area contributed by atoms with E-state index in [9.17, 15) is 9.90 Å². The fourth-order valence-corrected chi connectivity index (χ4v) is 2.34. The van der Waals surface area contributed by atoms with E-state index in [1.807, 2.05) is 0 Å². The van der Waals surface area contributed by atoms with Gasteiger partial charge in [0, 0.05) is 11.8 Å². The van der Waals surface area contributed by atoms with Gasteiger partial charge in [-0.2, -0.15) is 0 Å². The van der Waals surface area contributed by atoms with Crippen molar-refractivity contribution in [1.29, 1.82) is 0 Å². The second kappa shape index (κ2) is 4.81. The van der Waals surface area contributed by atoms with Crippen LogP contribution in [0.15, 0.2) is 42.6 Å². The topological polar surface area (TPSA) is 54.6 Å². The van der Waals surface area contributed by atoms with E-state index in [2.05, 4.69) is 4.98 Å². The summed E-state index contributed by atoms with van der Waals surface area (Å²) in [6, 6.07) is 10.2. The average Bonchev–Trinajstić information content (AvgIpc) is 2.81. The molecule has 0 aliphatic rings. The monoisotopic (exact) mass is 306 g/mol. The molecule has 0 atom stereocenters. The quantitative estimate of drug-likeness (QED) is 0.778. The summed E-state index contributed by atoms with van der Waals surface area (Å²) in [5.74, 6) is -1.05. The summed E-state index contributed by atoms with van der Waals surface area (Å²) in [6.07, 6.45) is 1.66. The Kier molecular flexibility index (Phi) is 3.12. The van der Waals surface area contributed by atoms with Crippen LogP contribution in [0.3, 0.4) is 0 Å². The van der Waals surface area contributed by atoms with Gasteiger partial charge in [-0.25, -0.2) is 9.78 Å². The van der Waals surface area contributed by atoms with E-state index in [0.29, 0.717) is 26.9 Å². The number of rotatable bonds is 2. The molecule has 3 aromatic rings. The summed E-state index contributed by atoms with van der Waals surface area (Å²) < 4.78 is 1.53. The number of aromatic carboxylic acids is 1. The number of aromatic nitrogens is 2. The predicted octanol–water partition coefficient (Wildman–Crippen LogP) is 4.01. The van der Waals surface area contributed by atoms with E-state index in [1.165, 1.54) is 4.40 Å². The maximum Gasteiger partial charge on any atom is 0.355 e. The lowest BCUT2D eigenvalue weighted by molar-refractivity contribution is 0.0690. The molecule has 4 nitrogen and oxygen atoms in total. The summed E-state index contributed by atoms with van der Waals surface area (Å²) in [4.78, 5) is 15.9. The molecule has 3 rings (SSSR count). The van der Waals surface area contributed by atoms with Crippen LogP contribution in [0.2, 0.25) is 10.0 Å². The van der Waals surface area contributed by atoms with Crippen LogP contribution in [-0.4, -0.2) is 20.5 Å². The van der Waals surface area contributed by atoms with E-state index < -0.39 is 5.97 Å². The fraction of sp³-hybridized carbons (Fsp3) is 0. The highest BCUT2D eigenvalue weighted by atomic mass is 35.5. The molecule has 0 aliphatic carbocycles. The van der Waals surface area contributed by atoms with Gasteiger partial charge in [0.1, 0.15) is 11.3 Å². The molecule has 1 N–H and O–H groups in total. The van der Waals surface area contributed by atoms with Crippen molar-refractivity contribution in [2.75, 3.05) is 0 Å². The number of fused-ring (bicyclic) bond motifs is 1. The number of hydrogen-bond acceptors (Lipinski definition) is 2. The number of nitrogens with zero attached hydrogens (tertiary/aromatic N) is 2. The number of benzene rings is 1. The van der Waals surface area contributed by atoms with Crippen LogP contribution in [0.1, 0.15) is 10.5 Å². The van der Waals surface area contributed by atoms with Crippen LogP contribution in [-0.2, 0) is 0 Å². The van der Waals surface area contributed by atoms with Crippen molar-refractivity contribution in [3.63, 3.8) is 0 Å². The van der Waals surface area contributed by atoms with E-state index in [0.717, 1.165) is 0 Å². The van der Waals surface area contributed by atoms with Crippen molar-refractivity contribution in [3.05, 3.63) is 58.3 Å². The first-order valence-corrected chi connectivity index (χ1v) is 6.49. The Hall–Kier alpha value is -2.04. The highest BCUT2D eigenvalue weighted by molar-refractivity contribution is 6.42. The molecule has 0 saturated carbocycles. The van der Waals surface area contributed by atoms with Crippen LogP contribution in [0.5, 0.6) is 0 Å². The van der Waals surface area contributed by atoms with Gasteiger partial charge in [-0.05, 0) is 24.3 Å². The number of carboxylic acids is 1. The number of hydrogen-bond donors (Lipinski definition) is 1. The fourth-order valence-electron chi connectivity index (χ4n) is 2.04. The van der Waals surface area contributed by atoms with Gasteiger partial charge >= 0.3 is 5.97 Å². The summed E-state index contributed by atoms with van der Waals surface area (Å²) in [5, 5.41) is 10.2. The Morgan fingerprint density at radius 1 is 1.15 bits per heavy atom. The van der Waals surface area contributed by atoms with E-state index >= 15 is 0 Å².